The molecule has 2 N–H and O–H groups in total. The Morgan fingerprint density at radius 2 is 1.83 bits per heavy atom. The average Bonchev–Trinajstić information content (AvgIpc) is 3.53. The minimum Gasteiger partial charge on any atom is -0.394 e. The fraction of sp³-hybridized carbons (Fsp3) is 0.391. The number of hydrogen-bond acceptors (Lipinski definition) is 3. The van der Waals surface area contributed by atoms with Crippen molar-refractivity contribution in [3.05, 3.63) is 59.9 Å². The van der Waals surface area contributed by atoms with Crippen LogP contribution in [-0.4, -0.2) is 47.1 Å². The third kappa shape index (κ3) is 3.90. The molecule has 0 aromatic heterocycles. The number of nitrogens with one attached hydrogen (secondary N) is 1. The van der Waals surface area contributed by atoms with Crippen molar-refractivity contribution < 1.29 is 19.1 Å². The molecule has 0 radical (unpaired) electrons. The fourth-order valence-corrected chi connectivity index (χ4v) is 4.35. The van der Waals surface area contributed by atoms with Gasteiger partial charge in [0.2, 0.25) is 11.8 Å². The monoisotopic (exact) mass is 396 g/mol. The summed E-state index contributed by atoms with van der Waals surface area (Å²) in [6.45, 7) is 1.73. The number of halogens is 1. The first kappa shape index (κ1) is 19.6. The van der Waals surface area contributed by atoms with Gasteiger partial charge in [-0.1, -0.05) is 36.4 Å². The Balaban J connectivity index is 1.54. The Morgan fingerprint density at radius 1 is 1.10 bits per heavy atom. The number of aliphatic hydroxyl groups excluding tert-OH is 1. The van der Waals surface area contributed by atoms with Gasteiger partial charge in [0.05, 0.1) is 18.7 Å². The van der Waals surface area contributed by atoms with E-state index >= 15 is 0 Å². The molecule has 1 saturated carbocycles. The maximum atomic E-state index is 13.5. The molecule has 3 atom stereocenters. The van der Waals surface area contributed by atoms with Crippen LogP contribution in [0.15, 0.2) is 48.5 Å². The van der Waals surface area contributed by atoms with Gasteiger partial charge in [0.15, 0.2) is 0 Å². The number of nitrogens with zero attached hydrogens (tertiary/aromatic N) is 1. The van der Waals surface area contributed by atoms with Crippen molar-refractivity contribution in [1.82, 2.24) is 10.2 Å². The van der Waals surface area contributed by atoms with E-state index in [1.54, 1.807) is 11.0 Å². The Morgan fingerprint density at radius 3 is 2.41 bits per heavy atom. The predicted molar refractivity (Wildman–Crippen MR) is 107 cm³/mol. The lowest BCUT2D eigenvalue weighted by molar-refractivity contribution is -0.148. The quantitative estimate of drug-likeness (QED) is 0.789. The zero-order valence-electron chi connectivity index (χ0n) is 16.3. The van der Waals surface area contributed by atoms with Gasteiger partial charge in [-0.3, -0.25) is 9.59 Å². The molecule has 2 aromatic carbocycles. The number of rotatable bonds is 6. The van der Waals surface area contributed by atoms with Crippen LogP contribution in [0.25, 0.3) is 11.1 Å². The zero-order chi connectivity index (χ0) is 20.5. The van der Waals surface area contributed by atoms with E-state index in [2.05, 4.69) is 5.32 Å². The summed E-state index contributed by atoms with van der Waals surface area (Å²) in [5, 5.41) is 12.8. The van der Waals surface area contributed by atoms with Gasteiger partial charge in [-0.25, -0.2) is 4.39 Å². The van der Waals surface area contributed by atoms with Crippen LogP contribution in [-0.2, 0) is 9.59 Å². The molecule has 29 heavy (non-hydrogen) atoms. The lowest BCUT2D eigenvalue weighted by Gasteiger charge is -2.54. The minimum absolute atomic E-state index is 0.0427. The third-order valence-corrected chi connectivity index (χ3v) is 5.98. The maximum absolute atomic E-state index is 13.5. The highest BCUT2D eigenvalue weighted by Crippen LogP contribution is 2.41. The van der Waals surface area contributed by atoms with Crippen LogP contribution >= 0.6 is 0 Å². The van der Waals surface area contributed by atoms with E-state index in [9.17, 15) is 19.1 Å². The van der Waals surface area contributed by atoms with Crippen molar-refractivity contribution in [2.45, 2.75) is 37.8 Å². The summed E-state index contributed by atoms with van der Waals surface area (Å²) in [5.41, 5.74) is 2.69. The van der Waals surface area contributed by atoms with Gasteiger partial charge in [-0.05, 0) is 41.7 Å². The first-order valence-corrected chi connectivity index (χ1v) is 10.0. The Kier molecular flexibility index (Phi) is 5.37. The van der Waals surface area contributed by atoms with Crippen LogP contribution in [0.5, 0.6) is 0 Å². The highest BCUT2D eigenvalue weighted by molar-refractivity contribution is 5.81. The molecule has 152 valence electrons. The smallest absolute Gasteiger partial charge is 0.223 e. The van der Waals surface area contributed by atoms with Crippen molar-refractivity contribution in [3.63, 3.8) is 0 Å². The maximum Gasteiger partial charge on any atom is 0.223 e. The number of hydrogen-bond donors (Lipinski definition) is 2. The SMILES string of the molecule is CC(=O)N1[C@H](CO)[C@@H](c2ccc(-c3cccc(F)c3)cc2)[C@H]1CNC(=O)C1CC1. The molecule has 1 aliphatic carbocycles. The lowest BCUT2D eigenvalue weighted by Crippen LogP contribution is -2.68. The summed E-state index contributed by atoms with van der Waals surface area (Å²) in [6.07, 6.45) is 1.86. The van der Waals surface area contributed by atoms with E-state index in [1.165, 1.54) is 19.1 Å². The van der Waals surface area contributed by atoms with Gasteiger partial charge in [0.1, 0.15) is 5.82 Å². The molecule has 5 nitrogen and oxygen atoms in total. The van der Waals surface area contributed by atoms with Crippen LogP contribution in [0.3, 0.4) is 0 Å². The fourth-order valence-electron chi connectivity index (χ4n) is 4.35. The number of carbonyl (C=O) groups excluding carboxylic acids is 2. The van der Waals surface area contributed by atoms with Gasteiger partial charge in [-0.15, -0.1) is 0 Å². The van der Waals surface area contributed by atoms with Gasteiger partial charge >= 0.3 is 0 Å². The zero-order valence-corrected chi connectivity index (χ0v) is 16.3. The van der Waals surface area contributed by atoms with Crippen LogP contribution in [0.4, 0.5) is 4.39 Å². The Labute approximate surface area is 169 Å². The Hall–Kier alpha value is -2.73. The number of likely N-dealkylation sites (tertiary alicyclic amines) is 1. The first-order valence-electron chi connectivity index (χ1n) is 10.0. The number of carbonyl (C=O) groups is 2. The molecule has 0 bridgehead atoms. The van der Waals surface area contributed by atoms with Crippen LogP contribution in [0, 0.1) is 11.7 Å². The van der Waals surface area contributed by atoms with Gasteiger partial charge < -0.3 is 15.3 Å². The van der Waals surface area contributed by atoms with Crippen LogP contribution in [0.1, 0.15) is 31.2 Å². The molecule has 1 heterocycles. The van der Waals surface area contributed by atoms with Crippen LogP contribution < -0.4 is 5.32 Å². The molecule has 1 saturated heterocycles. The van der Waals surface area contributed by atoms with Crippen molar-refractivity contribution in [2.75, 3.05) is 13.2 Å². The van der Waals surface area contributed by atoms with Gasteiger partial charge in [-0.2, -0.15) is 0 Å². The molecule has 1 aliphatic heterocycles. The molecular weight excluding hydrogens is 371 g/mol. The molecule has 4 rings (SSSR count). The normalized spacial score (nSPS) is 23.4. The molecule has 0 unspecified atom stereocenters. The van der Waals surface area contributed by atoms with E-state index in [4.69, 9.17) is 0 Å². The second kappa shape index (κ2) is 7.95. The molecule has 2 amide bonds. The van der Waals surface area contributed by atoms with Crippen molar-refractivity contribution in [2.24, 2.45) is 5.92 Å². The molecule has 2 aliphatic rings. The highest BCUT2D eigenvalue weighted by Gasteiger charge is 2.50. The summed E-state index contributed by atoms with van der Waals surface area (Å²) < 4.78 is 13.5. The highest BCUT2D eigenvalue weighted by atomic mass is 19.1. The van der Waals surface area contributed by atoms with E-state index < -0.39 is 0 Å². The molecule has 2 fully saturated rings. The molecular formula is C23H25FN2O3. The number of aliphatic hydroxyl groups is 1. The van der Waals surface area contributed by atoms with Crippen molar-refractivity contribution in [3.8, 4) is 11.1 Å². The summed E-state index contributed by atoms with van der Waals surface area (Å²) >= 11 is 0. The largest absolute Gasteiger partial charge is 0.394 e. The molecule has 6 heteroatoms. The van der Waals surface area contributed by atoms with Crippen molar-refractivity contribution in [1.29, 1.82) is 0 Å². The average molecular weight is 396 g/mol. The van der Waals surface area contributed by atoms with Gasteiger partial charge in [0.25, 0.3) is 0 Å². The van der Waals surface area contributed by atoms with Crippen LogP contribution in [0.2, 0.25) is 0 Å². The van der Waals surface area contributed by atoms with Gasteiger partial charge in [0, 0.05) is 25.3 Å². The third-order valence-electron chi connectivity index (χ3n) is 5.98. The van der Waals surface area contributed by atoms with E-state index in [0.717, 1.165) is 29.5 Å². The Bertz CT molecular complexity index is 911. The second-order valence-electron chi connectivity index (χ2n) is 7.92. The molecule has 2 aromatic rings. The minimum atomic E-state index is -0.310. The summed E-state index contributed by atoms with van der Waals surface area (Å²) in [5.74, 6) is -0.304. The van der Waals surface area contributed by atoms with Crippen molar-refractivity contribution >= 4 is 11.8 Å². The standard InChI is InChI=1S/C23H25FN2O3/c1-14(28)26-20(12-25-23(29)17-9-10-17)22(21(26)13-27)16-7-5-15(6-8-16)18-3-2-4-19(24)11-18/h2-8,11,17,20-22,27H,9-10,12-13H2,1H3,(H,25,29)/t20-,21-,22+/m1/s1. The van der Waals surface area contributed by atoms with E-state index in [-0.39, 0.29) is 48.2 Å². The molecule has 0 spiro atoms. The topological polar surface area (TPSA) is 69.6 Å². The lowest BCUT2D eigenvalue weighted by atomic mass is 9.74. The number of amides is 2. The first-order chi connectivity index (χ1) is 14.0. The van der Waals surface area contributed by atoms with E-state index in [1.807, 2.05) is 30.3 Å². The second-order valence-corrected chi connectivity index (χ2v) is 7.92. The van der Waals surface area contributed by atoms with E-state index in [0.29, 0.717) is 6.54 Å². The summed E-state index contributed by atoms with van der Waals surface area (Å²) in [7, 11) is 0. The summed E-state index contributed by atoms with van der Waals surface area (Å²) in [4.78, 5) is 25.8. The number of benzene rings is 2. The predicted octanol–water partition coefficient (Wildman–Crippen LogP) is 2.69. The summed E-state index contributed by atoms with van der Waals surface area (Å²) in [6, 6.07) is 13.7.